The van der Waals surface area contributed by atoms with Gasteiger partial charge in [0.25, 0.3) is 0 Å². The number of pyridine rings is 1. The largest absolute Gasteiger partial charge is 0.307 e. The van der Waals surface area contributed by atoms with E-state index in [2.05, 4.69) is 10.3 Å². The average molecular weight is 281 g/mol. The minimum atomic E-state index is 0.633. The van der Waals surface area contributed by atoms with Gasteiger partial charge in [-0.3, -0.25) is 4.98 Å². The molecule has 0 aliphatic rings. The minimum absolute atomic E-state index is 0.633. The standard InChI is InChI=1S/C14H14Cl2N2/c1-10-4-3-7-18-14(10)9-17-8-11-12(15)5-2-6-13(11)16/h2-7,17H,8-9H2,1H3. The van der Waals surface area contributed by atoms with E-state index in [1.165, 1.54) is 5.56 Å². The van der Waals surface area contributed by atoms with Crippen LogP contribution in [-0.4, -0.2) is 4.98 Å². The van der Waals surface area contributed by atoms with Crippen LogP contribution in [0, 0.1) is 6.92 Å². The Labute approximate surface area is 117 Å². The molecular formula is C14H14Cl2N2. The van der Waals surface area contributed by atoms with Gasteiger partial charge in [0.05, 0.1) is 5.69 Å². The van der Waals surface area contributed by atoms with Crippen molar-refractivity contribution in [1.29, 1.82) is 0 Å². The van der Waals surface area contributed by atoms with Crippen LogP contribution < -0.4 is 5.32 Å². The van der Waals surface area contributed by atoms with Crippen LogP contribution >= 0.6 is 23.2 Å². The van der Waals surface area contributed by atoms with Gasteiger partial charge < -0.3 is 5.32 Å². The van der Waals surface area contributed by atoms with E-state index in [9.17, 15) is 0 Å². The first kappa shape index (κ1) is 13.3. The molecule has 2 rings (SSSR count). The zero-order valence-corrected chi connectivity index (χ0v) is 11.6. The molecule has 2 nitrogen and oxygen atoms in total. The molecule has 0 bridgehead atoms. The third kappa shape index (κ3) is 3.22. The number of hydrogen-bond acceptors (Lipinski definition) is 2. The lowest BCUT2D eigenvalue weighted by molar-refractivity contribution is 0.676. The smallest absolute Gasteiger partial charge is 0.0570 e. The monoisotopic (exact) mass is 280 g/mol. The topological polar surface area (TPSA) is 24.9 Å². The van der Waals surface area contributed by atoms with Gasteiger partial charge in [0.15, 0.2) is 0 Å². The van der Waals surface area contributed by atoms with E-state index in [4.69, 9.17) is 23.2 Å². The Balaban J connectivity index is 1.99. The van der Waals surface area contributed by atoms with Gasteiger partial charge in [-0.2, -0.15) is 0 Å². The van der Waals surface area contributed by atoms with Crippen molar-refractivity contribution in [1.82, 2.24) is 10.3 Å². The molecule has 0 saturated heterocycles. The number of rotatable bonds is 4. The van der Waals surface area contributed by atoms with Crippen LogP contribution in [0.25, 0.3) is 0 Å². The van der Waals surface area contributed by atoms with Crippen LogP contribution in [0.3, 0.4) is 0 Å². The van der Waals surface area contributed by atoms with Crippen LogP contribution in [0.1, 0.15) is 16.8 Å². The number of nitrogens with one attached hydrogen (secondary N) is 1. The first-order valence-corrected chi connectivity index (χ1v) is 6.48. The van der Waals surface area contributed by atoms with Crippen molar-refractivity contribution in [2.45, 2.75) is 20.0 Å². The summed E-state index contributed by atoms with van der Waals surface area (Å²) in [6.07, 6.45) is 1.80. The van der Waals surface area contributed by atoms with Crippen molar-refractivity contribution < 1.29 is 0 Å². The number of benzene rings is 1. The van der Waals surface area contributed by atoms with Gasteiger partial charge in [-0.05, 0) is 30.7 Å². The van der Waals surface area contributed by atoms with Crippen LogP contribution in [0.4, 0.5) is 0 Å². The summed E-state index contributed by atoms with van der Waals surface area (Å²) in [4.78, 5) is 4.33. The van der Waals surface area contributed by atoms with Crippen molar-refractivity contribution in [3.63, 3.8) is 0 Å². The first-order chi connectivity index (χ1) is 8.68. The molecule has 0 spiro atoms. The van der Waals surface area contributed by atoms with Gasteiger partial charge in [-0.15, -0.1) is 0 Å². The molecule has 1 heterocycles. The molecule has 4 heteroatoms. The Morgan fingerprint density at radius 1 is 1.06 bits per heavy atom. The number of aromatic nitrogens is 1. The quantitative estimate of drug-likeness (QED) is 0.916. The summed E-state index contributed by atoms with van der Waals surface area (Å²) >= 11 is 12.2. The Morgan fingerprint density at radius 3 is 2.44 bits per heavy atom. The molecule has 0 aliphatic heterocycles. The molecule has 0 radical (unpaired) electrons. The summed E-state index contributed by atoms with van der Waals surface area (Å²) in [5, 5.41) is 4.68. The normalized spacial score (nSPS) is 10.6. The maximum absolute atomic E-state index is 6.10. The number of halogens is 2. The zero-order valence-electron chi connectivity index (χ0n) is 10.1. The maximum atomic E-state index is 6.10. The lowest BCUT2D eigenvalue weighted by Gasteiger charge is -2.09. The van der Waals surface area contributed by atoms with E-state index in [-0.39, 0.29) is 0 Å². The lowest BCUT2D eigenvalue weighted by Crippen LogP contribution is -2.15. The predicted molar refractivity (Wildman–Crippen MR) is 76.0 cm³/mol. The molecule has 0 aliphatic carbocycles. The minimum Gasteiger partial charge on any atom is -0.307 e. The highest BCUT2D eigenvalue weighted by molar-refractivity contribution is 6.35. The van der Waals surface area contributed by atoms with Gasteiger partial charge in [-0.25, -0.2) is 0 Å². The second-order valence-electron chi connectivity index (χ2n) is 4.07. The molecule has 0 unspecified atom stereocenters. The van der Waals surface area contributed by atoms with Crippen LogP contribution in [-0.2, 0) is 13.1 Å². The van der Waals surface area contributed by atoms with Crippen molar-refractivity contribution in [3.8, 4) is 0 Å². The first-order valence-electron chi connectivity index (χ1n) is 5.72. The molecule has 2 aromatic rings. The summed E-state index contributed by atoms with van der Waals surface area (Å²) in [5.41, 5.74) is 3.14. The molecule has 1 aromatic heterocycles. The second-order valence-corrected chi connectivity index (χ2v) is 4.89. The fraction of sp³-hybridized carbons (Fsp3) is 0.214. The SMILES string of the molecule is Cc1cccnc1CNCc1c(Cl)cccc1Cl. The van der Waals surface area contributed by atoms with E-state index in [0.29, 0.717) is 23.1 Å². The lowest BCUT2D eigenvalue weighted by atomic mass is 10.2. The van der Waals surface area contributed by atoms with E-state index in [1.54, 1.807) is 6.20 Å². The van der Waals surface area contributed by atoms with Gasteiger partial charge in [0.1, 0.15) is 0 Å². The highest BCUT2D eigenvalue weighted by Crippen LogP contribution is 2.23. The molecular weight excluding hydrogens is 267 g/mol. The summed E-state index contributed by atoms with van der Waals surface area (Å²) in [5.74, 6) is 0. The number of aryl methyl sites for hydroxylation is 1. The molecule has 0 atom stereocenters. The zero-order chi connectivity index (χ0) is 13.0. The summed E-state index contributed by atoms with van der Waals surface area (Å²) < 4.78 is 0. The van der Waals surface area contributed by atoms with Gasteiger partial charge in [-0.1, -0.05) is 35.3 Å². The van der Waals surface area contributed by atoms with Crippen molar-refractivity contribution in [2.24, 2.45) is 0 Å². The molecule has 0 amide bonds. The van der Waals surface area contributed by atoms with Crippen molar-refractivity contribution >= 4 is 23.2 Å². The Kier molecular flexibility index (Phi) is 4.59. The third-order valence-corrected chi connectivity index (χ3v) is 3.48. The summed E-state index contributed by atoms with van der Waals surface area (Å²) in [7, 11) is 0. The molecule has 1 N–H and O–H groups in total. The summed E-state index contributed by atoms with van der Waals surface area (Å²) in [6, 6.07) is 9.51. The Bertz CT molecular complexity index is 521. The predicted octanol–water partition coefficient (Wildman–Crippen LogP) is 3.99. The summed E-state index contributed by atoms with van der Waals surface area (Å²) in [6.45, 7) is 3.38. The highest BCUT2D eigenvalue weighted by Gasteiger charge is 2.05. The Morgan fingerprint density at radius 2 is 1.78 bits per heavy atom. The van der Waals surface area contributed by atoms with Gasteiger partial charge >= 0.3 is 0 Å². The second kappa shape index (κ2) is 6.19. The van der Waals surface area contributed by atoms with Crippen molar-refractivity contribution in [2.75, 3.05) is 0 Å². The Hall–Kier alpha value is -1.09. The van der Waals surface area contributed by atoms with Gasteiger partial charge in [0, 0.05) is 34.9 Å². The number of nitrogens with zero attached hydrogens (tertiary/aromatic N) is 1. The number of hydrogen-bond donors (Lipinski definition) is 1. The fourth-order valence-electron chi connectivity index (χ4n) is 1.71. The van der Waals surface area contributed by atoms with E-state index >= 15 is 0 Å². The molecule has 1 aromatic carbocycles. The molecule has 0 fully saturated rings. The van der Waals surface area contributed by atoms with E-state index in [1.807, 2.05) is 37.3 Å². The van der Waals surface area contributed by atoms with Gasteiger partial charge in [0.2, 0.25) is 0 Å². The van der Waals surface area contributed by atoms with Crippen LogP contribution in [0.2, 0.25) is 10.0 Å². The molecule has 18 heavy (non-hydrogen) atoms. The van der Waals surface area contributed by atoms with Crippen molar-refractivity contribution in [3.05, 3.63) is 63.4 Å². The average Bonchev–Trinajstić information content (AvgIpc) is 2.35. The molecule has 94 valence electrons. The van der Waals surface area contributed by atoms with E-state index < -0.39 is 0 Å². The molecule has 0 saturated carbocycles. The fourth-order valence-corrected chi connectivity index (χ4v) is 2.24. The highest BCUT2D eigenvalue weighted by atomic mass is 35.5. The van der Waals surface area contributed by atoms with E-state index in [0.717, 1.165) is 11.3 Å². The maximum Gasteiger partial charge on any atom is 0.0570 e. The van der Waals surface area contributed by atoms with Crippen LogP contribution in [0.5, 0.6) is 0 Å². The van der Waals surface area contributed by atoms with Crippen LogP contribution in [0.15, 0.2) is 36.5 Å². The third-order valence-electron chi connectivity index (χ3n) is 2.77.